The summed E-state index contributed by atoms with van der Waals surface area (Å²) >= 11 is 0. The lowest BCUT2D eigenvalue weighted by molar-refractivity contribution is -0.0497. The lowest BCUT2D eigenvalue weighted by Gasteiger charge is -2.58. The van der Waals surface area contributed by atoms with Gasteiger partial charge in [0.1, 0.15) is 0 Å². The molecule has 0 aromatic rings. The average Bonchev–Trinajstić information content (AvgIpc) is 3.15. The molecule has 200 valence electrons. The van der Waals surface area contributed by atoms with Crippen LogP contribution in [0, 0.1) is 46.3 Å². The molecule has 4 N–H and O–H groups in total. The van der Waals surface area contributed by atoms with E-state index in [-0.39, 0.29) is 5.96 Å². The van der Waals surface area contributed by atoms with Crippen molar-refractivity contribution >= 4 is 27.5 Å². The highest BCUT2D eigenvalue weighted by molar-refractivity contribution is 8.76. The molecule has 4 rings (SSSR count). The minimum Gasteiger partial charge on any atom is -0.370 e. The van der Waals surface area contributed by atoms with Gasteiger partial charge in [0.15, 0.2) is 5.96 Å². The van der Waals surface area contributed by atoms with E-state index in [1.807, 2.05) is 16.4 Å². The Labute approximate surface area is 224 Å². The summed E-state index contributed by atoms with van der Waals surface area (Å²) in [4.78, 5) is 4.13. The Kier molecular flexibility index (Phi) is 9.21. The van der Waals surface area contributed by atoms with E-state index in [4.69, 9.17) is 11.5 Å². The van der Waals surface area contributed by atoms with E-state index in [9.17, 15) is 0 Å². The summed E-state index contributed by atoms with van der Waals surface area (Å²) in [5.41, 5.74) is 13.8. The Morgan fingerprint density at radius 2 is 1.86 bits per heavy atom. The molecule has 35 heavy (non-hydrogen) atoms. The van der Waals surface area contributed by atoms with Crippen LogP contribution in [0.15, 0.2) is 16.6 Å². The van der Waals surface area contributed by atoms with Gasteiger partial charge in [-0.3, -0.25) is 4.99 Å². The van der Waals surface area contributed by atoms with E-state index in [1.54, 1.807) is 0 Å². The Morgan fingerprint density at radius 1 is 1.06 bits per heavy atom. The average molecular weight is 520 g/mol. The minimum absolute atomic E-state index is 0.212. The zero-order valence-corrected chi connectivity index (χ0v) is 24.9. The van der Waals surface area contributed by atoms with Crippen LogP contribution < -0.4 is 11.5 Å². The van der Waals surface area contributed by atoms with Gasteiger partial charge in [0.2, 0.25) is 0 Å². The second-order valence-electron chi connectivity index (χ2n) is 13.4. The van der Waals surface area contributed by atoms with Crippen molar-refractivity contribution in [2.75, 3.05) is 12.3 Å². The smallest absolute Gasteiger partial charge is 0.185 e. The predicted molar refractivity (Wildman–Crippen MR) is 158 cm³/mol. The maximum atomic E-state index is 5.45. The molecule has 0 amide bonds. The molecule has 0 aromatic carbocycles. The largest absolute Gasteiger partial charge is 0.370 e. The van der Waals surface area contributed by atoms with Crippen molar-refractivity contribution in [2.24, 2.45) is 62.8 Å². The summed E-state index contributed by atoms with van der Waals surface area (Å²) < 4.78 is 0. The van der Waals surface area contributed by atoms with Crippen LogP contribution in [0.2, 0.25) is 0 Å². The molecule has 0 bridgehead atoms. The molecule has 0 spiro atoms. The third-order valence-corrected chi connectivity index (χ3v) is 13.8. The van der Waals surface area contributed by atoms with Gasteiger partial charge in [-0.05, 0) is 97.7 Å². The second-order valence-corrected chi connectivity index (χ2v) is 16.2. The molecule has 5 heteroatoms. The highest BCUT2D eigenvalue weighted by Crippen LogP contribution is 2.67. The van der Waals surface area contributed by atoms with Crippen LogP contribution in [-0.4, -0.2) is 23.5 Å². The van der Waals surface area contributed by atoms with Crippen LogP contribution in [0.4, 0.5) is 0 Å². The summed E-state index contributed by atoms with van der Waals surface area (Å²) in [6, 6.07) is 0. The molecule has 4 unspecified atom stereocenters. The fraction of sp³-hybridized carbons (Fsp3) is 0.900. The first-order valence-corrected chi connectivity index (χ1v) is 17.1. The number of guanidine groups is 1. The summed E-state index contributed by atoms with van der Waals surface area (Å²) in [6.07, 6.45) is 18.4. The van der Waals surface area contributed by atoms with Crippen molar-refractivity contribution < 1.29 is 0 Å². The van der Waals surface area contributed by atoms with Crippen LogP contribution in [0.5, 0.6) is 0 Å². The number of hydrogen-bond donors (Lipinski definition) is 2. The van der Waals surface area contributed by atoms with Gasteiger partial charge in [-0.15, -0.1) is 0 Å². The monoisotopic (exact) mass is 519 g/mol. The van der Waals surface area contributed by atoms with Crippen LogP contribution in [-0.2, 0) is 0 Å². The number of nitrogens with two attached hydrogens (primary N) is 2. The molecule has 0 saturated heterocycles. The lowest BCUT2D eigenvalue weighted by atomic mass is 9.47. The molecule has 0 aromatic heterocycles. The zero-order chi connectivity index (χ0) is 25.2. The maximum Gasteiger partial charge on any atom is 0.185 e. The van der Waals surface area contributed by atoms with Crippen LogP contribution in [0.25, 0.3) is 0 Å². The van der Waals surface area contributed by atoms with E-state index < -0.39 is 0 Å². The van der Waals surface area contributed by atoms with Gasteiger partial charge < -0.3 is 11.5 Å². The SMILES string of the molecule is CC(C)CCC[C@@H](C)C1CCC2C3CC=C4C[C@@H](SSCCN=C(N)N)CC[C@]4(C)C3CC[C@@]21C. The minimum atomic E-state index is 0.212. The Morgan fingerprint density at radius 3 is 2.60 bits per heavy atom. The first-order valence-electron chi connectivity index (χ1n) is 14.7. The van der Waals surface area contributed by atoms with E-state index in [2.05, 4.69) is 56.5 Å². The van der Waals surface area contributed by atoms with Gasteiger partial charge >= 0.3 is 0 Å². The molecule has 3 saturated carbocycles. The first-order chi connectivity index (χ1) is 16.6. The van der Waals surface area contributed by atoms with Gasteiger partial charge in [0.05, 0.1) is 6.54 Å². The molecule has 3 nitrogen and oxygen atoms in total. The van der Waals surface area contributed by atoms with E-state index in [0.29, 0.717) is 10.8 Å². The Balaban J connectivity index is 1.36. The van der Waals surface area contributed by atoms with E-state index in [1.165, 1.54) is 70.6 Å². The molecule has 4 aliphatic carbocycles. The molecule has 8 atom stereocenters. The van der Waals surface area contributed by atoms with Crippen LogP contribution in [0.1, 0.15) is 105 Å². The summed E-state index contributed by atoms with van der Waals surface area (Å²) in [6.45, 7) is 13.5. The lowest BCUT2D eigenvalue weighted by Crippen LogP contribution is -2.50. The maximum absolute atomic E-state index is 5.45. The fourth-order valence-electron chi connectivity index (χ4n) is 9.09. The van der Waals surface area contributed by atoms with Crippen molar-refractivity contribution in [1.82, 2.24) is 0 Å². The van der Waals surface area contributed by atoms with Crippen molar-refractivity contribution in [1.29, 1.82) is 0 Å². The van der Waals surface area contributed by atoms with E-state index in [0.717, 1.165) is 53.1 Å². The number of rotatable bonds is 10. The summed E-state index contributed by atoms with van der Waals surface area (Å²) in [5.74, 6) is 6.76. The third kappa shape index (κ3) is 5.91. The predicted octanol–water partition coefficient (Wildman–Crippen LogP) is 8.05. The highest BCUT2D eigenvalue weighted by Gasteiger charge is 2.59. The Bertz CT molecular complexity index is 776. The van der Waals surface area contributed by atoms with Gasteiger partial charge in [-0.2, -0.15) is 0 Å². The van der Waals surface area contributed by atoms with Crippen LogP contribution in [0.3, 0.4) is 0 Å². The van der Waals surface area contributed by atoms with Crippen molar-refractivity contribution in [3.8, 4) is 0 Å². The number of aliphatic imine (C=N–C) groups is 1. The molecule has 0 aliphatic heterocycles. The van der Waals surface area contributed by atoms with E-state index >= 15 is 0 Å². The van der Waals surface area contributed by atoms with Crippen molar-refractivity contribution in [3.05, 3.63) is 11.6 Å². The third-order valence-electron chi connectivity index (χ3n) is 10.9. The van der Waals surface area contributed by atoms with Gasteiger partial charge in [0.25, 0.3) is 0 Å². The van der Waals surface area contributed by atoms with Crippen molar-refractivity contribution in [2.45, 2.75) is 110 Å². The zero-order valence-electron chi connectivity index (χ0n) is 23.2. The van der Waals surface area contributed by atoms with Gasteiger partial charge in [-0.1, -0.05) is 87.1 Å². The number of nitrogens with zero attached hydrogens (tertiary/aromatic N) is 1. The number of hydrogen-bond acceptors (Lipinski definition) is 3. The first kappa shape index (κ1) is 27.7. The van der Waals surface area contributed by atoms with Gasteiger partial charge in [-0.25, -0.2) is 0 Å². The standard InChI is InChI=1S/C30H53N3S2/c1-20(2)7-6-8-21(3)25-11-12-26-24-10-9-22-19-23(35-34-18-17-33-28(31)32)13-15-29(22,4)27(24)14-16-30(25,26)5/h9,20-21,23-27H,6-8,10-19H2,1-5H3,(H4,31,32,33)/t21-,23+,24?,25?,26?,27?,29+,30-/m1/s1. The van der Waals surface area contributed by atoms with Crippen molar-refractivity contribution in [3.63, 3.8) is 0 Å². The molecular formula is C30H53N3S2. The highest BCUT2D eigenvalue weighted by atomic mass is 33.1. The molecule has 4 aliphatic rings. The molecule has 0 radical (unpaired) electrons. The Hall–Kier alpha value is -0.290. The summed E-state index contributed by atoms with van der Waals surface area (Å²) in [5, 5.41) is 0.756. The quantitative estimate of drug-likeness (QED) is 0.101. The number of fused-ring (bicyclic) bond motifs is 5. The topological polar surface area (TPSA) is 64.4 Å². The molecular weight excluding hydrogens is 466 g/mol. The van der Waals surface area contributed by atoms with Crippen LogP contribution >= 0.6 is 21.6 Å². The van der Waals surface area contributed by atoms with Gasteiger partial charge in [0, 0.05) is 11.0 Å². The second kappa shape index (κ2) is 11.6. The number of allylic oxidation sites excluding steroid dienone is 2. The molecule has 3 fully saturated rings. The molecule has 0 heterocycles. The summed E-state index contributed by atoms with van der Waals surface area (Å²) in [7, 11) is 4.04. The fourth-order valence-corrected chi connectivity index (χ4v) is 11.6. The normalized spacial score (nSPS) is 39.4.